The maximum Gasteiger partial charge on any atom is 0.328 e. The number of esters is 1. The number of aromatic amines is 1. The van der Waals surface area contributed by atoms with Crippen LogP contribution in [0.3, 0.4) is 0 Å². The first-order valence-electron chi connectivity index (χ1n) is 13.2. The van der Waals surface area contributed by atoms with Crippen LogP contribution < -0.4 is 15.7 Å². The number of benzene rings is 1. The molecule has 11 heteroatoms. The Morgan fingerprint density at radius 1 is 1.18 bits per heavy atom. The molecule has 1 aromatic carbocycles. The van der Waals surface area contributed by atoms with Crippen molar-refractivity contribution in [2.75, 3.05) is 12.9 Å². The third-order valence-corrected chi connectivity index (χ3v) is 7.91. The van der Waals surface area contributed by atoms with Crippen LogP contribution in [0.4, 0.5) is 0 Å². The van der Waals surface area contributed by atoms with Gasteiger partial charge in [0.15, 0.2) is 0 Å². The standard InChI is InChI=1S/C29H42N4O6S/c1-9-29(7,10-2)40-17-23(33-27(37)39-28(4,5)6)25(35)31-18(3)24(34)32-22(26(36)38-8)15-19-16-30-21-14-12-11-13-20(19)21/h9,11-14,16,18,22-23,30H,1,10,15,17H2,2-8H3,(H,31,35)(H,32,34)(H,33,37)/p-1/t18-,22+,23-,29?/m0/s1. The second-order valence-electron chi connectivity index (χ2n) is 10.7. The molecule has 2 aromatic rings. The Kier molecular flexibility index (Phi) is 11.7. The summed E-state index contributed by atoms with van der Waals surface area (Å²) in [5, 5.41) is 18.6. The van der Waals surface area contributed by atoms with Crippen LogP contribution in [-0.4, -0.2) is 70.2 Å². The van der Waals surface area contributed by atoms with E-state index in [0.29, 0.717) is 0 Å². The lowest BCUT2D eigenvalue weighted by Gasteiger charge is -2.31. The number of amides is 2. The van der Waals surface area contributed by atoms with Crippen LogP contribution in [0.5, 0.6) is 0 Å². The molecule has 3 N–H and O–H groups in total. The predicted octanol–water partition coefficient (Wildman–Crippen LogP) is 2.86. The van der Waals surface area contributed by atoms with Gasteiger partial charge in [0.05, 0.1) is 7.11 Å². The van der Waals surface area contributed by atoms with Gasteiger partial charge >= 0.3 is 5.97 Å². The van der Waals surface area contributed by atoms with Crippen molar-refractivity contribution in [1.82, 2.24) is 15.6 Å². The minimum absolute atomic E-state index is 0.168. The SMILES string of the molecule is C=CC(C)(CC)SC[C@H](N=C([O-])OC(C)(C)C)C(=O)N[C@@H](C)C(=O)N[C@H](Cc1c[nH]c2ccccc12)C(=O)OC. The first kappa shape index (κ1) is 32.7. The zero-order chi connectivity index (χ0) is 30.1. The molecule has 0 bridgehead atoms. The van der Waals surface area contributed by atoms with Crippen molar-refractivity contribution in [3.05, 3.63) is 48.7 Å². The van der Waals surface area contributed by atoms with Gasteiger partial charge in [0.1, 0.15) is 24.2 Å². The van der Waals surface area contributed by atoms with Crippen LogP contribution in [0.15, 0.2) is 48.1 Å². The number of thioether (sulfide) groups is 1. The van der Waals surface area contributed by atoms with Gasteiger partial charge in [-0.25, -0.2) is 4.79 Å². The summed E-state index contributed by atoms with van der Waals surface area (Å²) in [7, 11) is 1.25. The lowest BCUT2D eigenvalue weighted by atomic mass is 10.0. The molecule has 0 aliphatic carbocycles. The zero-order valence-corrected chi connectivity index (χ0v) is 25.1. The fourth-order valence-electron chi connectivity index (χ4n) is 3.69. The molecule has 40 heavy (non-hydrogen) atoms. The number of aromatic nitrogens is 1. The predicted molar refractivity (Wildman–Crippen MR) is 157 cm³/mol. The summed E-state index contributed by atoms with van der Waals surface area (Å²) in [6.45, 7) is 14.4. The monoisotopic (exact) mass is 573 g/mol. The molecule has 0 aliphatic heterocycles. The summed E-state index contributed by atoms with van der Waals surface area (Å²) in [6, 6.07) is 4.50. The number of ether oxygens (including phenoxy) is 2. The van der Waals surface area contributed by atoms with E-state index in [1.165, 1.54) is 25.8 Å². The fraction of sp³-hybridized carbons (Fsp3) is 0.517. The molecular weight excluding hydrogens is 532 g/mol. The molecule has 2 amide bonds. The van der Waals surface area contributed by atoms with Crippen molar-refractivity contribution in [1.29, 1.82) is 0 Å². The molecule has 0 aliphatic rings. The van der Waals surface area contributed by atoms with Crippen molar-refractivity contribution >= 4 is 46.5 Å². The zero-order valence-electron chi connectivity index (χ0n) is 24.3. The number of carbonyl (C=O) groups excluding carboxylic acids is 3. The van der Waals surface area contributed by atoms with Gasteiger partial charge in [-0.2, -0.15) is 0 Å². The number of nitrogens with zero attached hydrogens (tertiary/aromatic N) is 1. The van der Waals surface area contributed by atoms with E-state index < -0.39 is 47.6 Å². The molecule has 4 atom stereocenters. The highest BCUT2D eigenvalue weighted by Crippen LogP contribution is 2.30. The van der Waals surface area contributed by atoms with Crippen LogP contribution >= 0.6 is 11.8 Å². The van der Waals surface area contributed by atoms with Crippen molar-refractivity contribution in [2.45, 2.75) is 82.9 Å². The van der Waals surface area contributed by atoms with Gasteiger partial charge in [0, 0.05) is 39.6 Å². The molecule has 0 fully saturated rings. The van der Waals surface area contributed by atoms with Gasteiger partial charge in [0.25, 0.3) is 0 Å². The summed E-state index contributed by atoms with van der Waals surface area (Å²) in [5.41, 5.74) is 0.952. The van der Waals surface area contributed by atoms with Crippen molar-refractivity contribution in [3.8, 4) is 0 Å². The van der Waals surface area contributed by atoms with Crippen molar-refractivity contribution < 1.29 is 29.0 Å². The largest absolute Gasteiger partial charge is 0.595 e. The van der Waals surface area contributed by atoms with Crippen molar-refractivity contribution in [2.24, 2.45) is 4.99 Å². The number of fused-ring (bicyclic) bond motifs is 1. The number of para-hydroxylation sites is 1. The topological polar surface area (TPSA) is 145 Å². The van der Waals surface area contributed by atoms with Gasteiger partial charge in [-0.15, -0.1) is 18.3 Å². The Balaban J connectivity index is 2.16. The highest BCUT2D eigenvalue weighted by atomic mass is 32.2. The number of aliphatic imine (C=N–C) groups is 1. The lowest BCUT2D eigenvalue weighted by Crippen LogP contribution is -2.53. The quantitative estimate of drug-likeness (QED) is 0.145. The molecular formula is C29H41N4O6S-. The third kappa shape index (κ3) is 9.62. The van der Waals surface area contributed by atoms with Gasteiger partial charge in [-0.05, 0) is 31.9 Å². The van der Waals surface area contributed by atoms with Crippen molar-refractivity contribution in [3.63, 3.8) is 0 Å². The second kappa shape index (κ2) is 14.2. The normalized spacial score (nSPS) is 15.8. The smallest absolute Gasteiger partial charge is 0.328 e. The maximum absolute atomic E-state index is 13.2. The van der Waals surface area contributed by atoms with E-state index in [0.717, 1.165) is 22.9 Å². The maximum atomic E-state index is 13.2. The Hall–Kier alpha value is -3.47. The second-order valence-corrected chi connectivity index (χ2v) is 12.2. The van der Waals surface area contributed by atoms with E-state index in [9.17, 15) is 19.5 Å². The molecule has 1 heterocycles. The Labute approximate surface area is 240 Å². The number of methoxy groups -OCH3 is 1. The summed E-state index contributed by atoms with van der Waals surface area (Å²) in [6.07, 6.45) is 3.65. The summed E-state index contributed by atoms with van der Waals surface area (Å²) < 4.78 is 9.86. The fourth-order valence-corrected chi connectivity index (χ4v) is 4.78. The van der Waals surface area contributed by atoms with E-state index in [-0.39, 0.29) is 16.9 Å². The van der Waals surface area contributed by atoms with E-state index in [1.54, 1.807) is 33.0 Å². The van der Waals surface area contributed by atoms with Crippen LogP contribution in [0.2, 0.25) is 0 Å². The van der Waals surface area contributed by atoms with E-state index in [1.807, 2.05) is 38.1 Å². The Bertz CT molecular complexity index is 1220. The highest BCUT2D eigenvalue weighted by molar-refractivity contribution is 8.00. The molecule has 10 nitrogen and oxygen atoms in total. The van der Waals surface area contributed by atoms with Gasteiger partial charge < -0.3 is 30.2 Å². The summed E-state index contributed by atoms with van der Waals surface area (Å²) >= 11 is 1.43. The third-order valence-electron chi connectivity index (χ3n) is 6.32. The Morgan fingerprint density at radius 3 is 2.45 bits per heavy atom. The molecule has 2 rings (SSSR count). The molecule has 0 saturated heterocycles. The van der Waals surface area contributed by atoms with Gasteiger partial charge in [-0.1, -0.05) is 52.0 Å². The number of nitrogens with one attached hydrogen (secondary N) is 3. The minimum atomic E-state index is -1.11. The average molecular weight is 574 g/mol. The van der Waals surface area contributed by atoms with Crippen LogP contribution in [-0.2, 0) is 30.3 Å². The summed E-state index contributed by atoms with van der Waals surface area (Å²) in [5.74, 6) is -1.65. The molecule has 0 spiro atoms. The number of H-pyrrole nitrogens is 1. The van der Waals surface area contributed by atoms with E-state index >= 15 is 0 Å². The van der Waals surface area contributed by atoms with Gasteiger partial charge in [0.2, 0.25) is 11.8 Å². The first-order chi connectivity index (χ1) is 18.7. The number of hydrogen-bond donors (Lipinski definition) is 3. The van der Waals surface area contributed by atoms with E-state index in [4.69, 9.17) is 9.47 Å². The number of hydrogen-bond acceptors (Lipinski definition) is 8. The van der Waals surface area contributed by atoms with Gasteiger partial charge in [-0.3, -0.25) is 14.6 Å². The minimum Gasteiger partial charge on any atom is -0.595 e. The molecule has 0 radical (unpaired) electrons. The average Bonchev–Trinajstić information content (AvgIpc) is 3.31. The summed E-state index contributed by atoms with van der Waals surface area (Å²) in [4.78, 5) is 45.9. The number of rotatable bonds is 13. The lowest BCUT2D eigenvalue weighted by molar-refractivity contribution is -0.260. The van der Waals surface area contributed by atoms with Crippen LogP contribution in [0.1, 0.15) is 53.5 Å². The molecule has 0 saturated carbocycles. The van der Waals surface area contributed by atoms with E-state index in [2.05, 4.69) is 27.2 Å². The highest BCUT2D eigenvalue weighted by Gasteiger charge is 2.29. The Morgan fingerprint density at radius 2 is 1.85 bits per heavy atom. The van der Waals surface area contributed by atoms with Crippen LogP contribution in [0, 0.1) is 0 Å². The molecule has 1 unspecified atom stereocenters. The van der Waals surface area contributed by atoms with Crippen LogP contribution in [0.25, 0.3) is 10.9 Å². The molecule has 1 aromatic heterocycles. The first-order valence-corrected chi connectivity index (χ1v) is 14.2. The number of carbonyl (C=O) groups is 3. The molecule has 220 valence electrons.